The zero-order valence-electron chi connectivity index (χ0n) is 20.0. The fraction of sp³-hybridized carbons (Fsp3) is 0.345. The van der Waals surface area contributed by atoms with Crippen molar-refractivity contribution in [1.82, 2.24) is 10.2 Å². The van der Waals surface area contributed by atoms with E-state index in [1.54, 1.807) is 0 Å². The number of likely N-dealkylation sites (N-methyl/N-ethyl adjacent to an activating group) is 1. The van der Waals surface area contributed by atoms with E-state index < -0.39 is 5.54 Å². The molecule has 0 aliphatic carbocycles. The van der Waals surface area contributed by atoms with E-state index in [1.165, 1.54) is 5.56 Å². The maximum Gasteiger partial charge on any atom is 0.319 e. The first-order valence-electron chi connectivity index (χ1n) is 12.3. The molecule has 3 heterocycles. The molecule has 0 aromatic heterocycles. The van der Waals surface area contributed by atoms with Gasteiger partial charge in [0.15, 0.2) is 0 Å². The molecule has 5 nitrogen and oxygen atoms in total. The number of rotatable bonds is 6. The zero-order valence-corrected chi connectivity index (χ0v) is 22.2. The summed E-state index contributed by atoms with van der Waals surface area (Å²) in [6, 6.07) is 31.5. The predicted molar refractivity (Wildman–Crippen MR) is 132 cm³/mol. The lowest BCUT2D eigenvalue weighted by Crippen LogP contribution is -3.00. The average molecular weight is 581 g/mol. The van der Waals surface area contributed by atoms with Crippen LogP contribution in [0.3, 0.4) is 0 Å². The smallest absolute Gasteiger partial charge is 0.319 e. The van der Waals surface area contributed by atoms with Gasteiger partial charge in [0.25, 0.3) is 0 Å². The quantitative estimate of drug-likeness (QED) is 0.271. The summed E-state index contributed by atoms with van der Waals surface area (Å²) in [6.45, 7) is 3.68. The summed E-state index contributed by atoms with van der Waals surface area (Å²) in [6.07, 6.45) is 1.51. The van der Waals surface area contributed by atoms with E-state index in [0.29, 0.717) is 6.54 Å². The van der Waals surface area contributed by atoms with Crippen molar-refractivity contribution in [2.45, 2.75) is 30.2 Å². The maximum absolute atomic E-state index is 13.4. The Labute approximate surface area is 224 Å². The largest absolute Gasteiger partial charge is 1.00 e. The van der Waals surface area contributed by atoms with Gasteiger partial charge >= 0.3 is 6.03 Å². The molecule has 6 heteroatoms. The molecule has 1 N–H and O–H groups in total. The standard InChI is InChI=1S/C29H31N3O2.HI/c1-32(20-26-27(34-26)22-11-5-2-6-12-22)18-17-25(19-32)31-21-29(30-28(31)33,23-13-7-3-8-14-23)24-15-9-4-10-16-24;/h2-16,25-27H,17-21H2,1H3;1H/t25?,26-,27-,32?;/m1./s1. The number of ether oxygens (including phenoxy) is 1. The van der Waals surface area contributed by atoms with Crippen molar-refractivity contribution in [3.05, 3.63) is 108 Å². The molecule has 6 rings (SSSR count). The number of nitrogens with zero attached hydrogens (tertiary/aromatic N) is 2. The van der Waals surface area contributed by atoms with Crippen LogP contribution in [-0.4, -0.2) is 60.8 Å². The van der Waals surface area contributed by atoms with Crippen LogP contribution < -0.4 is 29.3 Å². The lowest BCUT2D eigenvalue weighted by atomic mass is 9.83. The van der Waals surface area contributed by atoms with Gasteiger partial charge in [-0.3, -0.25) is 0 Å². The number of carbonyl (C=O) groups is 1. The average Bonchev–Trinajstić information content (AvgIpc) is 3.38. The van der Waals surface area contributed by atoms with Gasteiger partial charge in [-0.1, -0.05) is 91.0 Å². The maximum atomic E-state index is 13.4. The number of epoxide rings is 1. The molecule has 0 bridgehead atoms. The second kappa shape index (κ2) is 9.56. The number of hydrogen-bond donors (Lipinski definition) is 1. The van der Waals surface area contributed by atoms with Crippen molar-refractivity contribution in [1.29, 1.82) is 0 Å². The molecule has 3 saturated heterocycles. The Bertz CT molecular complexity index is 1120. The van der Waals surface area contributed by atoms with Gasteiger partial charge in [0.2, 0.25) is 0 Å². The summed E-state index contributed by atoms with van der Waals surface area (Å²) >= 11 is 0. The van der Waals surface area contributed by atoms with Crippen LogP contribution in [0, 0.1) is 0 Å². The summed E-state index contributed by atoms with van der Waals surface area (Å²) in [5, 5.41) is 3.39. The molecular formula is C29H32IN3O2. The number of benzene rings is 3. The number of hydrogen-bond acceptors (Lipinski definition) is 2. The van der Waals surface area contributed by atoms with E-state index in [4.69, 9.17) is 4.74 Å². The van der Waals surface area contributed by atoms with E-state index >= 15 is 0 Å². The highest BCUT2D eigenvalue weighted by atomic mass is 127. The summed E-state index contributed by atoms with van der Waals surface area (Å²) < 4.78 is 7.00. The van der Waals surface area contributed by atoms with Crippen molar-refractivity contribution in [2.75, 3.05) is 33.2 Å². The fourth-order valence-electron chi connectivity index (χ4n) is 6.08. The van der Waals surface area contributed by atoms with E-state index in [9.17, 15) is 4.79 Å². The van der Waals surface area contributed by atoms with E-state index in [1.807, 2.05) is 18.2 Å². The van der Waals surface area contributed by atoms with Crippen LogP contribution in [0.2, 0.25) is 0 Å². The first kappa shape index (κ1) is 24.3. The number of quaternary nitrogens is 1. The molecule has 3 aromatic rings. The Morgan fingerprint density at radius 2 is 1.51 bits per heavy atom. The van der Waals surface area contributed by atoms with Crippen molar-refractivity contribution in [3.63, 3.8) is 0 Å². The minimum absolute atomic E-state index is 0. The minimum atomic E-state index is -0.524. The highest BCUT2D eigenvalue weighted by molar-refractivity contribution is 5.80. The van der Waals surface area contributed by atoms with Crippen LogP contribution in [0.4, 0.5) is 4.79 Å². The first-order valence-corrected chi connectivity index (χ1v) is 12.3. The molecule has 2 unspecified atom stereocenters. The lowest BCUT2D eigenvalue weighted by molar-refractivity contribution is -0.898. The van der Waals surface area contributed by atoms with Gasteiger partial charge in [0.1, 0.15) is 24.3 Å². The highest BCUT2D eigenvalue weighted by Gasteiger charge is 2.52. The van der Waals surface area contributed by atoms with E-state index in [2.05, 4.69) is 90.1 Å². The zero-order chi connectivity index (χ0) is 23.2. The third kappa shape index (κ3) is 4.59. The van der Waals surface area contributed by atoms with E-state index in [-0.39, 0.29) is 48.3 Å². The van der Waals surface area contributed by atoms with Gasteiger partial charge in [0.05, 0.1) is 32.7 Å². The van der Waals surface area contributed by atoms with Crippen LogP contribution in [0.25, 0.3) is 0 Å². The highest BCUT2D eigenvalue weighted by Crippen LogP contribution is 2.42. The second-order valence-electron chi connectivity index (χ2n) is 10.4. The SMILES string of the molecule is C[N+]1(C[C@H]2O[C@@H]2c2ccccc2)CCC(N2CC(c3ccccc3)(c3ccccc3)NC2=O)C1.[I-]. The summed E-state index contributed by atoms with van der Waals surface area (Å²) in [5.41, 5.74) is 3.00. The third-order valence-electron chi connectivity index (χ3n) is 7.95. The van der Waals surface area contributed by atoms with Gasteiger partial charge in [-0.25, -0.2) is 4.79 Å². The summed E-state index contributed by atoms with van der Waals surface area (Å²) in [5.74, 6) is 0. The number of likely N-dealkylation sites (tertiary alicyclic amines) is 1. The normalized spacial score (nSPS) is 28.9. The molecule has 0 saturated carbocycles. The Morgan fingerprint density at radius 3 is 2.11 bits per heavy atom. The van der Waals surface area contributed by atoms with Crippen LogP contribution in [0.5, 0.6) is 0 Å². The Hall–Kier alpha value is -2.42. The van der Waals surface area contributed by atoms with Crippen molar-refractivity contribution in [2.24, 2.45) is 0 Å². The number of nitrogens with one attached hydrogen (secondary N) is 1. The predicted octanol–water partition coefficient (Wildman–Crippen LogP) is 1.32. The molecule has 3 aliphatic heterocycles. The minimum Gasteiger partial charge on any atom is -1.00 e. The fourth-order valence-corrected chi connectivity index (χ4v) is 6.08. The van der Waals surface area contributed by atoms with Crippen molar-refractivity contribution in [3.8, 4) is 0 Å². The van der Waals surface area contributed by atoms with Crippen LogP contribution >= 0.6 is 0 Å². The van der Waals surface area contributed by atoms with Crippen LogP contribution in [0.1, 0.15) is 29.2 Å². The number of halogens is 1. The molecule has 182 valence electrons. The van der Waals surface area contributed by atoms with Gasteiger partial charge < -0.3 is 43.4 Å². The summed E-state index contributed by atoms with van der Waals surface area (Å²) in [7, 11) is 2.32. The van der Waals surface area contributed by atoms with Gasteiger partial charge in [-0.2, -0.15) is 0 Å². The van der Waals surface area contributed by atoms with Crippen LogP contribution in [-0.2, 0) is 10.3 Å². The van der Waals surface area contributed by atoms with Gasteiger partial charge in [-0.15, -0.1) is 0 Å². The van der Waals surface area contributed by atoms with Crippen LogP contribution in [0.15, 0.2) is 91.0 Å². The molecular weight excluding hydrogens is 549 g/mol. The first-order chi connectivity index (χ1) is 16.6. The topological polar surface area (TPSA) is 44.9 Å². The van der Waals surface area contributed by atoms with Crippen molar-refractivity contribution >= 4 is 6.03 Å². The molecule has 3 fully saturated rings. The molecule has 0 radical (unpaired) electrons. The molecule has 2 amide bonds. The molecule has 3 aromatic carbocycles. The molecule has 3 aliphatic rings. The Balaban J connectivity index is 0.00000253. The Morgan fingerprint density at radius 1 is 0.943 bits per heavy atom. The summed E-state index contributed by atoms with van der Waals surface area (Å²) in [4.78, 5) is 15.5. The third-order valence-corrected chi connectivity index (χ3v) is 7.95. The monoisotopic (exact) mass is 581 g/mol. The van der Waals surface area contributed by atoms with Crippen molar-refractivity contribution < 1.29 is 38.0 Å². The lowest BCUT2D eigenvalue weighted by Gasteiger charge is -2.32. The molecule has 0 spiro atoms. The number of urea groups is 1. The number of carbonyl (C=O) groups excluding carboxylic acids is 1. The second-order valence-corrected chi connectivity index (χ2v) is 10.4. The van der Waals surface area contributed by atoms with Gasteiger partial charge in [0, 0.05) is 6.42 Å². The van der Waals surface area contributed by atoms with Gasteiger partial charge in [-0.05, 0) is 16.7 Å². The Kier molecular flexibility index (Phi) is 6.63. The number of amides is 2. The van der Waals surface area contributed by atoms with E-state index in [0.717, 1.165) is 41.7 Å². The molecule has 4 atom stereocenters. The molecule has 35 heavy (non-hydrogen) atoms.